The Balaban J connectivity index is -0.000000108. The molecule has 15 heavy (non-hydrogen) atoms. The van der Waals surface area contributed by atoms with Gasteiger partial charge in [0, 0.05) is 32.7 Å². The molecule has 0 saturated heterocycles. The average Bonchev–Trinajstić information content (AvgIpc) is 1.86. The van der Waals surface area contributed by atoms with E-state index in [1.165, 1.54) is 6.92 Å². The molecule has 0 atom stereocenters. The van der Waals surface area contributed by atoms with E-state index in [0.717, 1.165) is 5.92 Å². The molecule has 0 fully saturated rings. The third-order valence-electron chi connectivity index (χ3n) is 2.74. The molecule has 0 aromatic heterocycles. The van der Waals surface area contributed by atoms with Crippen LogP contribution in [0.25, 0.3) is 0 Å². The molecule has 0 rings (SSSR count). The van der Waals surface area contributed by atoms with E-state index in [1.54, 1.807) is 13.8 Å². The number of hydrogen-bond acceptors (Lipinski definition) is 0. The van der Waals surface area contributed by atoms with Gasteiger partial charge in [0.25, 0.3) is 0 Å². The normalized spacial score (nSPS) is 10.8. The quantitative estimate of drug-likeness (QED) is 0.642. The van der Waals surface area contributed by atoms with Crippen LogP contribution in [0.3, 0.4) is 0 Å². The molecule has 0 unspecified atom stereocenters. The summed E-state index contributed by atoms with van der Waals surface area (Å²) in [6, 6.07) is 0. The second kappa shape index (κ2) is 10.1. The number of alkyl halides is 2. The summed E-state index contributed by atoms with van der Waals surface area (Å²) in [7, 11) is 0. The standard InChI is InChI=1S/C9H18F.C2H5F.CH3.Y/c1-7(2)8(3,4)9(5,6)10;1-2-3;;/h1-6H3;2H2,1H3;1H3;/q-1;;-1;. The van der Waals surface area contributed by atoms with Gasteiger partial charge in [0.05, 0.1) is 12.3 Å². The molecule has 3 heteroatoms. The average molecular weight is 297 g/mol. The zero-order valence-corrected chi connectivity index (χ0v) is 14.4. The van der Waals surface area contributed by atoms with Gasteiger partial charge in [-0.25, -0.2) is 4.39 Å². The minimum atomic E-state index is -1.12. The predicted molar refractivity (Wildman–Crippen MR) is 61.6 cm³/mol. The van der Waals surface area contributed by atoms with Crippen molar-refractivity contribution in [3.05, 3.63) is 13.3 Å². The van der Waals surface area contributed by atoms with E-state index >= 15 is 0 Å². The van der Waals surface area contributed by atoms with Crippen LogP contribution >= 0.6 is 0 Å². The molecule has 0 nitrogen and oxygen atoms in total. The van der Waals surface area contributed by atoms with Crippen molar-refractivity contribution < 1.29 is 41.5 Å². The maximum Gasteiger partial charge on any atom is 0.0866 e. The summed E-state index contributed by atoms with van der Waals surface area (Å²) < 4.78 is 23.7. The molecule has 0 N–H and O–H groups in total. The molecular weight excluding hydrogens is 271 g/mol. The first-order valence-corrected chi connectivity index (χ1v) is 4.66. The summed E-state index contributed by atoms with van der Waals surface area (Å²) in [5.74, 6) is 1.14. The molecule has 0 amide bonds. The molecule has 0 aliphatic carbocycles. The van der Waals surface area contributed by atoms with Crippen LogP contribution in [0.15, 0.2) is 0 Å². The minimum Gasteiger partial charge on any atom is -0.358 e. The van der Waals surface area contributed by atoms with Crippen LogP contribution < -0.4 is 0 Å². The van der Waals surface area contributed by atoms with Crippen LogP contribution in [0, 0.1) is 18.8 Å². The second-order valence-electron chi connectivity index (χ2n) is 4.36. The van der Waals surface area contributed by atoms with Gasteiger partial charge in [-0.3, -0.25) is 4.39 Å². The van der Waals surface area contributed by atoms with Crippen LogP contribution in [0.1, 0.15) is 48.5 Å². The molecule has 1 radical (unpaired) electrons. The minimum absolute atomic E-state index is 0. The van der Waals surface area contributed by atoms with Gasteiger partial charge >= 0.3 is 0 Å². The van der Waals surface area contributed by atoms with Gasteiger partial charge in [-0.1, -0.05) is 13.8 Å². The van der Waals surface area contributed by atoms with Crippen LogP contribution in [-0.4, -0.2) is 12.3 Å². The number of hydrogen-bond donors (Lipinski definition) is 0. The molecule has 0 heterocycles. The van der Waals surface area contributed by atoms with Crippen molar-refractivity contribution in [1.82, 2.24) is 0 Å². The number of rotatable bonds is 2. The van der Waals surface area contributed by atoms with Crippen LogP contribution in [-0.2, 0) is 32.7 Å². The topological polar surface area (TPSA) is 0 Å². The third kappa shape index (κ3) is 9.87. The van der Waals surface area contributed by atoms with E-state index in [2.05, 4.69) is 0 Å². The fraction of sp³-hybridized carbons (Fsp3) is 0.833. The van der Waals surface area contributed by atoms with Gasteiger partial charge in [0.2, 0.25) is 0 Å². The van der Waals surface area contributed by atoms with Crippen molar-refractivity contribution in [2.75, 3.05) is 6.67 Å². The SMILES string of the molecule is CCF.C[C-](C)C(C)(C)C(C)(C)F.[CH3-].[Y]. The molecule has 0 aromatic rings. The van der Waals surface area contributed by atoms with E-state index in [9.17, 15) is 8.78 Å². The Hall–Kier alpha value is 0.964. The molecule has 0 aliphatic heterocycles. The van der Waals surface area contributed by atoms with E-state index in [-0.39, 0.29) is 52.2 Å². The van der Waals surface area contributed by atoms with Crippen molar-refractivity contribution in [1.29, 1.82) is 0 Å². The van der Waals surface area contributed by atoms with Gasteiger partial charge in [-0.05, 0) is 20.8 Å². The summed E-state index contributed by atoms with van der Waals surface area (Å²) in [4.78, 5) is 0. The Morgan fingerprint density at radius 2 is 1.27 bits per heavy atom. The summed E-state index contributed by atoms with van der Waals surface area (Å²) in [6.45, 7) is 12.3. The Kier molecular flexibility index (Phi) is 16.9. The van der Waals surface area contributed by atoms with Crippen molar-refractivity contribution in [3.63, 3.8) is 0 Å². The molecule has 0 bridgehead atoms. The Bertz CT molecular complexity index is 126. The maximum absolute atomic E-state index is 13.4. The van der Waals surface area contributed by atoms with Crippen molar-refractivity contribution in [2.24, 2.45) is 5.41 Å². The van der Waals surface area contributed by atoms with E-state index < -0.39 is 5.67 Å². The molecule has 93 valence electrons. The van der Waals surface area contributed by atoms with Gasteiger partial charge in [0.15, 0.2) is 0 Å². The van der Waals surface area contributed by atoms with Crippen LogP contribution in [0.2, 0.25) is 0 Å². The predicted octanol–water partition coefficient (Wildman–Crippen LogP) is 4.80. The second-order valence-corrected chi connectivity index (χ2v) is 4.36. The zero-order chi connectivity index (χ0) is 11.3. The van der Waals surface area contributed by atoms with Crippen LogP contribution in [0.5, 0.6) is 0 Å². The van der Waals surface area contributed by atoms with Gasteiger partial charge in [-0.2, -0.15) is 13.8 Å². The smallest absolute Gasteiger partial charge is 0.0866 e. The number of halogens is 2. The summed E-state index contributed by atoms with van der Waals surface area (Å²) in [5, 5.41) is 0. The third-order valence-corrected chi connectivity index (χ3v) is 2.74. The first kappa shape index (κ1) is 25.0. The fourth-order valence-corrected chi connectivity index (χ4v) is 0.594. The first-order chi connectivity index (χ1) is 5.61. The summed E-state index contributed by atoms with van der Waals surface area (Å²) in [5.41, 5.74) is -1.43. The molecule has 0 saturated carbocycles. The molecule has 0 aliphatic rings. The van der Waals surface area contributed by atoms with Crippen molar-refractivity contribution in [3.8, 4) is 0 Å². The van der Waals surface area contributed by atoms with Gasteiger partial charge in [-0.15, -0.1) is 5.41 Å². The Morgan fingerprint density at radius 1 is 1.07 bits per heavy atom. The largest absolute Gasteiger partial charge is 0.358 e. The van der Waals surface area contributed by atoms with Crippen molar-refractivity contribution in [2.45, 2.75) is 54.1 Å². The summed E-state index contributed by atoms with van der Waals surface area (Å²) >= 11 is 0. The Labute approximate surface area is 120 Å². The maximum atomic E-state index is 13.4. The molecule has 0 aromatic carbocycles. The Morgan fingerprint density at radius 3 is 1.27 bits per heavy atom. The van der Waals surface area contributed by atoms with E-state index in [0.29, 0.717) is 0 Å². The van der Waals surface area contributed by atoms with Gasteiger partial charge < -0.3 is 13.3 Å². The molecule has 0 spiro atoms. The van der Waals surface area contributed by atoms with E-state index in [4.69, 9.17) is 0 Å². The monoisotopic (exact) mass is 297 g/mol. The first-order valence-electron chi connectivity index (χ1n) is 4.66. The van der Waals surface area contributed by atoms with Gasteiger partial charge in [0.1, 0.15) is 0 Å². The zero-order valence-electron chi connectivity index (χ0n) is 11.5. The van der Waals surface area contributed by atoms with E-state index in [1.807, 2.05) is 27.7 Å². The van der Waals surface area contributed by atoms with Crippen molar-refractivity contribution >= 4 is 0 Å². The fourth-order valence-electron chi connectivity index (χ4n) is 0.594. The summed E-state index contributed by atoms with van der Waals surface area (Å²) in [6.07, 6.45) is 0. The van der Waals surface area contributed by atoms with Crippen LogP contribution in [0.4, 0.5) is 8.78 Å². The molecular formula is C12H26F2Y-2.